The van der Waals surface area contributed by atoms with Crippen molar-refractivity contribution < 1.29 is 0 Å². The minimum atomic E-state index is -0.111. The molecule has 0 saturated carbocycles. The van der Waals surface area contributed by atoms with E-state index < -0.39 is 0 Å². The van der Waals surface area contributed by atoms with E-state index in [9.17, 15) is 4.79 Å². The second-order valence-electron chi connectivity index (χ2n) is 3.42. The van der Waals surface area contributed by atoms with E-state index >= 15 is 0 Å². The van der Waals surface area contributed by atoms with Gasteiger partial charge in [0, 0.05) is 16.7 Å². The van der Waals surface area contributed by atoms with Crippen LogP contribution in [0.4, 0.5) is 0 Å². The normalized spacial score (nSPS) is 11.4. The molecule has 0 radical (unpaired) electrons. The van der Waals surface area contributed by atoms with Crippen LogP contribution in [0.1, 0.15) is 19.9 Å². The van der Waals surface area contributed by atoms with E-state index in [1.807, 2.05) is 19.9 Å². The number of pyridine rings is 1. The monoisotopic (exact) mass is 255 g/mol. The molecular formula is C9H10BrN3O. The zero-order valence-electron chi connectivity index (χ0n) is 7.91. The molecule has 4 nitrogen and oxygen atoms in total. The topological polar surface area (TPSA) is 50.7 Å². The predicted molar refractivity (Wildman–Crippen MR) is 58.4 cm³/mol. The number of aromatic amines is 1. The summed E-state index contributed by atoms with van der Waals surface area (Å²) < 4.78 is 2.56. The van der Waals surface area contributed by atoms with Crippen molar-refractivity contribution in [2.75, 3.05) is 0 Å². The van der Waals surface area contributed by atoms with Crippen LogP contribution >= 0.6 is 15.9 Å². The molecule has 0 bridgehead atoms. The molecule has 2 heterocycles. The summed E-state index contributed by atoms with van der Waals surface area (Å²) in [6.07, 6.45) is 1.67. The van der Waals surface area contributed by atoms with E-state index in [-0.39, 0.29) is 11.7 Å². The number of halogens is 1. The largest absolute Gasteiger partial charge is 0.327 e. The highest BCUT2D eigenvalue weighted by Gasteiger charge is 2.10. The molecule has 2 rings (SSSR count). The van der Waals surface area contributed by atoms with Gasteiger partial charge in [0.15, 0.2) is 5.65 Å². The van der Waals surface area contributed by atoms with Crippen LogP contribution < -0.4 is 5.69 Å². The van der Waals surface area contributed by atoms with Crippen LogP contribution in [0.5, 0.6) is 0 Å². The van der Waals surface area contributed by atoms with E-state index in [1.54, 1.807) is 10.8 Å². The van der Waals surface area contributed by atoms with Gasteiger partial charge in [0.1, 0.15) is 0 Å². The fourth-order valence-corrected chi connectivity index (χ4v) is 1.81. The lowest BCUT2D eigenvalue weighted by atomic mass is 10.3. The molecule has 0 amide bonds. The van der Waals surface area contributed by atoms with Crippen LogP contribution in [-0.4, -0.2) is 14.5 Å². The van der Waals surface area contributed by atoms with Crippen LogP contribution in [0.15, 0.2) is 21.5 Å². The Labute approximate surface area is 89.1 Å². The van der Waals surface area contributed by atoms with Gasteiger partial charge >= 0.3 is 5.69 Å². The van der Waals surface area contributed by atoms with Crippen LogP contribution in [0.2, 0.25) is 0 Å². The Kier molecular flexibility index (Phi) is 2.19. The van der Waals surface area contributed by atoms with Crippen molar-refractivity contribution in [3.05, 3.63) is 27.2 Å². The fourth-order valence-electron chi connectivity index (χ4n) is 1.49. The summed E-state index contributed by atoms with van der Waals surface area (Å²) in [5, 5.41) is 0. The molecular weight excluding hydrogens is 246 g/mol. The van der Waals surface area contributed by atoms with Crippen molar-refractivity contribution in [2.24, 2.45) is 0 Å². The van der Waals surface area contributed by atoms with Crippen molar-refractivity contribution in [3.63, 3.8) is 0 Å². The van der Waals surface area contributed by atoms with Crippen LogP contribution in [0.3, 0.4) is 0 Å². The van der Waals surface area contributed by atoms with Gasteiger partial charge < -0.3 is 0 Å². The van der Waals surface area contributed by atoms with Crippen molar-refractivity contribution >= 4 is 27.1 Å². The van der Waals surface area contributed by atoms with E-state index in [2.05, 4.69) is 25.9 Å². The highest BCUT2D eigenvalue weighted by Crippen LogP contribution is 2.17. The van der Waals surface area contributed by atoms with Gasteiger partial charge in [0.2, 0.25) is 0 Å². The first-order chi connectivity index (χ1) is 6.59. The minimum absolute atomic E-state index is 0.111. The predicted octanol–water partition coefficient (Wildman–Crippen LogP) is 2.07. The van der Waals surface area contributed by atoms with E-state index in [1.165, 1.54) is 0 Å². The number of fused-ring (bicyclic) bond motifs is 1. The van der Waals surface area contributed by atoms with Crippen LogP contribution in [0, 0.1) is 0 Å². The lowest BCUT2D eigenvalue weighted by Crippen LogP contribution is -2.18. The maximum atomic E-state index is 11.5. The van der Waals surface area contributed by atoms with Gasteiger partial charge in [-0.05, 0) is 35.8 Å². The van der Waals surface area contributed by atoms with E-state index in [0.717, 1.165) is 9.99 Å². The quantitative estimate of drug-likeness (QED) is 0.849. The number of rotatable bonds is 1. The summed E-state index contributed by atoms with van der Waals surface area (Å²) in [4.78, 5) is 18.4. The molecule has 2 aromatic heterocycles. The Balaban J connectivity index is 2.86. The second kappa shape index (κ2) is 3.24. The van der Waals surface area contributed by atoms with E-state index in [4.69, 9.17) is 0 Å². The van der Waals surface area contributed by atoms with Gasteiger partial charge in [0.25, 0.3) is 0 Å². The standard InChI is InChI=1S/C9H10BrN3O/c1-5(2)13-7-3-6(10)4-11-8(7)12-9(13)14/h3-5H,1-2H3,(H,11,12,14). The molecule has 0 aliphatic heterocycles. The lowest BCUT2D eigenvalue weighted by Gasteiger charge is -2.05. The molecule has 14 heavy (non-hydrogen) atoms. The summed E-state index contributed by atoms with van der Waals surface area (Å²) in [7, 11) is 0. The van der Waals surface area contributed by atoms with Crippen molar-refractivity contribution in [1.29, 1.82) is 0 Å². The van der Waals surface area contributed by atoms with Gasteiger partial charge in [-0.25, -0.2) is 9.78 Å². The molecule has 0 fully saturated rings. The third-order valence-electron chi connectivity index (χ3n) is 2.05. The van der Waals surface area contributed by atoms with Crippen molar-refractivity contribution in [2.45, 2.75) is 19.9 Å². The first-order valence-corrected chi connectivity index (χ1v) is 5.14. The number of aromatic nitrogens is 3. The smallest absolute Gasteiger partial charge is 0.290 e. The molecule has 2 aromatic rings. The van der Waals surface area contributed by atoms with Gasteiger partial charge in [0.05, 0.1) is 5.52 Å². The van der Waals surface area contributed by atoms with Gasteiger partial charge in [-0.3, -0.25) is 9.55 Å². The average Bonchev–Trinajstić information content (AvgIpc) is 2.40. The number of nitrogens with one attached hydrogen (secondary N) is 1. The van der Waals surface area contributed by atoms with Gasteiger partial charge in [-0.2, -0.15) is 0 Å². The Morgan fingerprint density at radius 3 is 2.93 bits per heavy atom. The molecule has 0 saturated heterocycles. The summed E-state index contributed by atoms with van der Waals surface area (Å²) in [5.74, 6) is 0. The fraction of sp³-hybridized carbons (Fsp3) is 0.333. The Hall–Kier alpha value is -1.10. The number of H-pyrrole nitrogens is 1. The summed E-state index contributed by atoms with van der Waals surface area (Å²) in [6, 6.07) is 2.02. The maximum Gasteiger partial charge on any atom is 0.327 e. The molecule has 0 aromatic carbocycles. The zero-order valence-corrected chi connectivity index (χ0v) is 9.50. The zero-order chi connectivity index (χ0) is 10.3. The Morgan fingerprint density at radius 1 is 1.57 bits per heavy atom. The van der Waals surface area contributed by atoms with Gasteiger partial charge in [-0.1, -0.05) is 0 Å². The van der Waals surface area contributed by atoms with Crippen LogP contribution in [-0.2, 0) is 0 Å². The van der Waals surface area contributed by atoms with Crippen LogP contribution in [0.25, 0.3) is 11.2 Å². The number of hydrogen-bond donors (Lipinski definition) is 1. The third-order valence-corrected chi connectivity index (χ3v) is 2.49. The molecule has 5 heteroatoms. The SMILES string of the molecule is CC(C)n1c(=O)[nH]c2ncc(Br)cc21. The third kappa shape index (κ3) is 1.37. The maximum absolute atomic E-state index is 11.5. The van der Waals surface area contributed by atoms with E-state index in [0.29, 0.717) is 5.65 Å². The lowest BCUT2D eigenvalue weighted by molar-refractivity contribution is 0.598. The molecule has 0 unspecified atom stereocenters. The minimum Gasteiger partial charge on any atom is -0.290 e. The first kappa shape index (κ1) is 9.45. The van der Waals surface area contributed by atoms with Crippen molar-refractivity contribution in [1.82, 2.24) is 14.5 Å². The average molecular weight is 256 g/mol. The van der Waals surface area contributed by atoms with Gasteiger partial charge in [-0.15, -0.1) is 0 Å². The molecule has 74 valence electrons. The molecule has 0 aliphatic carbocycles. The highest BCUT2D eigenvalue weighted by molar-refractivity contribution is 9.10. The number of nitrogens with zero attached hydrogens (tertiary/aromatic N) is 2. The highest BCUT2D eigenvalue weighted by atomic mass is 79.9. The number of hydrogen-bond acceptors (Lipinski definition) is 2. The molecule has 0 aliphatic rings. The first-order valence-electron chi connectivity index (χ1n) is 4.35. The summed E-state index contributed by atoms with van der Waals surface area (Å²) in [6.45, 7) is 3.94. The number of imidazole rings is 1. The van der Waals surface area contributed by atoms with Crippen molar-refractivity contribution in [3.8, 4) is 0 Å². The Morgan fingerprint density at radius 2 is 2.29 bits per heavy atom. The molecule has 1 N–H and O–H groups in total. The second-order valence-corrected chi connectivity index (χ2v) is 4.33. The summed E-state index contributed by atoms with van der Waals surface area (Å²) in [5.41, 5.74) is 1.35. The molecule has 0 spiro atoms. The summed E-state index contributed by atoms with van der Waals surface area (Å²) >= 11 is 3.33. The molecule has 0 atom stereocenters. The Bertz CT molecular complexity index is 526.